The van der Waals surface area contributed by atoms with E-state index in [4.69, 9.17) is 21.1 Å². The number of methoxy groups -OCH3 is 2. The monoisotopic (exact) mass is 510 g/mol. The Balaban J connectivity index is 1.81. The average Bonchev–Trinajstić information content (AvgIpc) is 2.91. The Morgan fingerprint density at radius 2 is 1.56 bits per heavy atom. The molecule has 3 aromatic carbocycles. The fourth-order valence-corrected chi connectivity index (χ4v) is 3.92. The molecule has 2 amide bonds. The molecule has 9 heteroatoms. The van der Waals surface area contributed by atoms with Gasteiger partial charge in [0.2, 0.25) is 0 Å². The minimum absolute atomic E-state index is 0.0568. The molecule has 0 bridgehead atoms. The summed E-state index contributed by atoms with van der Waals surface area (Å²) >= 11 is 6.18. The zero-order valence-electron chi connectivity index (χ0n) is 19.8. The summed E-state index contributed by atoms with van der Waals surface area (Å²) in [5.41, 5.74) is 1.53. The highest BCUT2D eigenvalue weighted by molar-refractivity contribution is 6.32. The van der Waals surface area contributed by atoms with Crippen molar-refractivity contribution in [1.29, 1.82) is 0 Å². The summed E-state index contributed by atoms with van der Waals surface area (Å²) in [5, 5.41) is 16.6. The smallest absolute Gasteiger partial charge is 0.328 e. The molecule has 188 valence electrons. The Labute approximate surface area is 214 Å². The fourth-order valence-electron chi connectivity index (χ4n) is 3.64. The van der Waals surface area contributed by atoms with Crippen molar-refractivity contribution in [1.82, 2.24) is 10.6 Å². The predicted octanol–water partition coefficient (Wildman–Crippen LogP) is 3.08. The fraction of sp³-hybridized carbons (Fsp3) is 0.222. The highest BCUT2D eigenvalue weighted by Gasteiger charge is 2.32. The Bertz CT molecular complexity index is 1190. The van der Waals surface area contributed by atoms with E-state index >= 15 is 0 Å². The lowest BCUT2D eigenvalue weighted by molar-refractivity contribution is -0.146. The largest absolute Gasteiger partial charge is 0.495 e. The van der Waals surface area contributed by atoms with Crippen LogP contribution < -0.4 is 15.4 Å². The van der Waals surface area contributed by atoms with Gasteiger partial charge in [-0.3, -0.25) is 9.59 Å². The second-order valence-corrected chi connectivity index (χ2v) is 8.34. The van der Waals surface area contributed by atoms with Crippen molar-refractivity contribution >= 4 is 29.4 Å². The van der Waals surface area contributed by atoms with Gasteiger partial charge in [-0.15, -0.1) is 0 Å². The molecule has 0 fully saturated rings. The van der Waals surface area contributed by atoms with E-state index < -0.39 is 36.0 Å². The summed E-state index contributed by atoms with van der Waals surface area (Å²) in [4.78, 5) is 38.3. The van der Waals surface area contributed by atoms with Crippen LogP contribution in [0.4, 0.5) is 0 Å². The first-order valence-corrected chi connectivity index (χ1v) is 11.5. The third-order valence-electron chi connectivity index (χ3n) is 5.52. The molecule has 0 saturated heterocycles. The standard InChI is InChI=1S/C27H27ClN2O6/c1-35-22-14-13-17(15-20(22)28)16-21(27(34)36-2)29-26(33)24(31)23(18-9-5-3-6-10-18)30-25(32)19-11-7-4-8-12-19/h3-15,21,23-24,31H,16H2,1-2H3,(H,29,33)(H,30,32)/t21-,23+,24-/m1/s1. The molecule has 3 atom stereocenters. The number of carbonyl (C=O) groups excluding carboxylic acids is 3. The first-order chi connectivity index (χ1) is 17.3. The molecule has 0 saturated carbocycles. The second-order valence-electron chi connectivity index (χ2n) is 7.93. The van der Waals surface area contributed by atoms with Crippen molar-refractivity contribution in [2.45, 2.75) is 24.6 Å². The third-order valence-corrected chi connectivity index (χ3v) is 5.82. The zero-order valence-corrected chi connectivity index (χ0v) is 20.6. The third kappa shape index (κ3) is 6.84. The number of nitrogens with one attached hydrogen (secondary N) is 2. The van der Waals surface area contributed by atoms with Crippen LogP contribution in [0.15, 0.2) is 78.9 Å². The van der Waals surface area contributed by atoms with Crippen LogP contribution in [0.3, 0.4) is 0 Å². The van der Waals surface area contributed by atoms with Gasteiger partial charge >= 0.3 is 5.97 Å². The lowest BCUT2D eigenvalue weighted by atomic mass is 9.99. The molecule has 0 aliphatic rings. The van der Waals surface area contributed by atoms with Gasteiger partial charge in [0.25, 0.3) is 11.8 Å². The van der Waals surface area contributed by atoms with E-state index in [1.54, 1.807) is 78.9 Å². The molecule has 3 rings (SSSR count). The first-order valence-electron chi connectivity index (χ1n) is 11.1. The summed E-state index contributed by atoms with van der Waals surface area (Å²) in [6.07, 6.45) is -1.65. The van der Waals surface area contributed by atoms with E-state index in [2.05, 4.69) is 10.6 Å². The Kier molecular flexibility index (Phi) is 9.44. The number of benzene rings is 3. The van der Waals surface area contributed by atoms with Crippen LogP contribution in [0, 0.1) is 0 Å². The normalized spacial score (nSPS) is 13.1. The summed E-state index contributed by atoms with van der Waals surface area (Å²) in [7, 11) is 2.69. The Hall–Kier alpha value is -3.88. The number of hydrogen-bond donors (Lipinski definition) is 3. The molecule has 0 unspecified atom stereocenters. The summed E-state index contributed by atoms with van der Waals surface area (Å²) in [5.74, 6) is -1.55. The van der Waals surface area contributed by atoms with Crippen LogP contribution >= 0.6 is 11.6 Å². The molecule has 8 nitrogen and oxygen atoms in total. The first kappa shape index (κ1) is 26.7. The lowest BCUT2D eigenvalue weighted by Crippen LogP contribution is -2.51. The van der Waals surface area contributed by atoms with Crippen molar-refractivity contribution < 1.29 is 29.0 Å². The maximum Gasteiger partial charge on any atom is 0.328 e. The van der Waals surface area contributed by atoms with Crippen molar-refractivity contribution in [2.24, 2.45) is 0 Å². The molecule has 3 N–H and O–H groups in total. The Morgan fingerprint density at radius 3 is 2.14 bits per heavy atom. The van der Waals surface area contributed by atoms with Crippen LogP contribution in [0.1, 0.15) is 27.5 Å². The van der Waals surface area contributed by atoms with Crippen LogP contribution in [-0.4, -0.2) is 49.3 Å². The number of aliphatic hydroxyl groups is 1. The molecular weight excluding hydrogens is 484 g/mol. The van der Waals surface area contributed by atoms with Crippen molar-refractivity contribution in [3.05, 3.63) is 101 Å². The van der Waals surface area contributed by atoms with Gasteiger partial charge in [-0.1, -0.05) is 66.2 Å². The van der Waals surface area contributed by atoms with E-state index in [9.17, 15) is 19.5 Å². The van der Waals surface area contributed by atoms with E-state index in [1.807, 2.05) is 0 Å². The SMILES string of the molecule is COC(=O)[C@@H](Cc1ccc(OC)c(Cl)c1)NC(=O)[C@H](O)[C@@H](NC(=O)c1ccccc1)c1ccccc1. The maximum atomic E-state index is 13.1. The summed E-state index contributed by atoms with van der Waals surface area (Å²) < 4.78 is 9.99. The van der Waals surface area contributed by atoms with Crippen molar-refractivity contribution in [3.63, 3.8) is 0 Å². The quantitative estimate of drug-likeness (QED) is 0.361. The number of rotatable bonds is 10. The van der Waals surface area contributed by atoms with Gasteiger partial charge in [0, 0.05) is 12.0 Å². The van der Waals surface area contributed by atoms with Crippen LogP contribution in [-0.2, 0) is 20.7 Å². The highest BCUT2D eigenvalue weighted by Crippen LogP contribution is 2.26. The maximum absolute atomic E-state index is 13.1. The van der Waals surface area contributed by atoms with Gasteiger partial charge in [0.05, 0.1) is 25.3 Å². The van der Waals surface area contributed by atoms with Crippen molar-refractivity contribution in [3.8, 4) is 5.75 Å². The number of hydrogen-bond acceptors (Lipinski definition) is 6. The highest BCUT2D eigenvalue weighted by atomic mass is 35.5. The molecule has 0 aliphatic heterocycles. The van der Waals surface area contributed by atoms with E-state index in [0.29, 0.717) is 27.5 Å². The van der Waals surface area contributed by atoms with Gasteiger partial charge in [0.1, 0.15) is 11.8 Å². The molecule has 3 aromatic rings. The minimum atomic E-state index is -1.70. The van der Waals surface area contributed by atoms with Crippen LogP contribution in [0.2, 0.25) is 5.02 Å². The number of aliphatic hydroxyl groups excluding tert-OH is 1. The molecule has 0 radical (unpaired) electrons. The molecule has 36 heavy (non-hydrogen) atoms. The number of carbonyl (C=O) groups is 3. The summed E-state index contributed by atoms with van der Waals surface area (Å²) in [6, 6.07) is 19.8. The van der Waals surface area contributed by atoms with Gasteiger partial charge in [-0.2, -0.15) is 0 Å². The van der Waals surface area contributed by atoms with Gasteiger partial charge in [-0.25, -0.2) is 4.79 Å². The topological polar surface area (TPSA) is 114 Å². The molecular formula is C27H27ClN2O6. The molecule has 0 heterocycles. The zero-order chi connectivity index (χ0) is 26.1. The van der Waals surface area contributed by atoms with Gasteiger partial charge in [0.15, 0.2) is 6.10 Å². The summed E-state index contributed by atoms with van der Waals surface area (Å²) in [6.45, 7) is 0. The molecule has 0 aromatic heterocycles. The van der Waals surface area contributed by atoms with Crippen molar-refractivity contribution in [2.75, 3.05) is 14.2 Å². The van der Waals surface area contributed by atoms with Gasteiger partial charge < -0.3 is 25.2 Å². The second kappa shape index (κ2) is 12.7. The predicted molar refractivity (Wildman–Crippen MR) is 135 cm³/mol. The van der Waals surface area contributed by atoms with Gasteiger partial charge in [-0.05, 0) is 35.4 Å². The molecule has 0 aliphatic carbocycles. The number of ether oxygens (including phenoxy) is 2. The minimum Gasteiger partial charge on any atom is -0.495 e. The lowest BCUT2D eigenvalue weighted by Gasteiger charge is -2.26. The average molecular weight is 511 g/mol. The van der Waals surface area contributed by atoms with Crippen LogP contribution in [0.5, 0.6) is 5.75 Å². The Morgan fingerprint density at radius 1 is 0.917 bits per heavy atom. The number of esters is 1. The van der Waals surface area contributed by atoms with E-state index in [0.717, 1.165) is 0 Å². The molecule has 0 spiro atoms. The van der Waals surface area contributed by atoms with E-state index in [1.165, 1.54) is 14.2 Å². The van der Waals surface area contributed by atoms with Crippen LogP contribution in [0.25, 0.3) is 0 Å². The van der Waals surface area contributed by atoms with E-state index in [-0.39, 0.29) is 6.42 Å². The number of amides is 2. The number of halogens is 1.